The quantitative estimate of drug-likeness (QED) is 0.475. The fourth-order valence-corrected chi connectivity index (χ4v) is 4.14. The largest absolute Gasteiger partial charge is 0.444 e. The topological polar surface area (TPSA) is 59.5 Å². The first-order valence-electron chi connectivity index (χ1n) is 9.74. The third kappa shape index (κ3) is 5.50. The molecule has 1 aromatic carbocycles. The molecule has 1 saturated heterocycles. The van der Waals surface area contributed by atoms with E-state index in [1.807, 2.05) is 20.8 Å². The van der Waals surface area contributed by atoms with E-state index in [9.17, 15) is 18.4 Å². The molecule has 0 aliphatic carbocycles. The summed E-state index contributed by atoms with van der Waals surface area (Å²) in [6, 6.07) is 3.31. The summed E-state index contributed by atoms with van der Waals surface area (Å²) >= 11 is 1.47. The number of piperidine rings is 1. The average molecular weight is 435 g/mol. The number of ketones is 1. The second-order valence-electron chi connectivity index (χ2n) is 8.15. The highest BCUT2D eigenvalue weighted by molar-refractivity contribution is 7.09. The number of hydrogen-bond acceptors (Lipinski definition) is 5. The monoisotopic (exact) mass is 434 g/mol. The maximum Gasteiger partial charge on any atom is 0.410 e. The number of amides is 1. The average Bonchev–Trinajstić information content (AvgIpc) is 3.14. The molecule has 0 bridgehead atoms. The van der Waals surface area contributed by atoms with Crippen LogP contribution in [0.25, 0.3) is 6.08 Å². The van der Waals surface area contributed by atoms with Crippen LogP contribution in [0.1, 0.15) is 60.6 Å². The van der Waals surface area contributed by atoms with Gasteiger partial charge in [-0.1, -0.05) is 6.07 Å². The summed E-state index contributed by atoms with van der Waals surface area (Å²) in [6.07, 6.45) is 3.84. The van der Waals surface area contributed by atoms with Gasteiger partial charge >= 0.3 is 6.09 Å². The van der Waals surface area contributed by atoms with Gasteiger partial charge in [0.25, 0.3) is 0 Å². The van der Waals surface area contributed by atoms with Crippen molar-refractivity contribution in [3.63, 3.8) is 0 Å². The Balaban J connectivity index is 1.59. The first-order valence-corrected chi connectivity index (χ1v) is 10.6. The van der Waals surface area contributed by atoms with Crippen molar-refractivity contribution in [2.75, 3.05) is 13.1 Å². The molecule has 1 aromatic heterocycles. The Bertz CT molecular complexity index is 937. The van der Waals surface area contributed by atoms with E-state index in [0.29, 0.717) is 18.8 Å². The van der Waals surface area contributed by atoms with Crippen LogP contribution in [-0.4, -0.2) is 40.5 Å². The van der Waals surface area contributed by atoms with E-state index in [1.54, 1.807) is 10.3 Å². The molecule has 0 radical (unpaired) electrons. The lowest BCUT2D eigenvalue weighted by Crippen LogP contribution is -2.41. The zero-order valence-electron chi connectivity index (χ0n) is 17.2. The van der Waals surface area contributed by atoms with Crippen LogP contribution < -0.4 is 0 Å². The maximum absolute atomic E-state index is 13.7. The molecule has 1 fully saturated rings. The summed E-state index contributed by atoms with van der Waals surface area (Å²) in [6.45, 7) is 6.71. The Morgan fingerprint density at radius 1 is 1.20 bits per heavy atom. The normalized spacial score (nSPS) is 15.6. The molecule has 8 heteroatoms. The SMILES string of the molecule is CC(C)(C)OC(=O)N1CCC(c2nc(/C=C/C(=O)c3c(F)cccc3F)cs2)CC1. The fourth-order valence-electron chi connectivity index (χ4n) is 3.18. The Morgan fingerprint density at radius 2 is 1.83 bits per heavy atom. The molecular weight excluding hydrogens is 410 g/mol. The molecule has 1 amide bonds. The van der Waals surface area contributed by atoms with Gasteiger partial charge in [-0.25, -0.2) is 18.6 Å². The number of thiazole rings is 1. The second-order valence-corrected chi connectivity index (χ2v) is 9.04. The minimum absolute atomic E-state index is 0.218. The zero-order valence-corrected chi connectivity index (χ0v) is 18.0. The zero-order chi connectivity index (χ0) is 21.9. The predicted octanol–water partition coefficient (Wildman–Crippen LogP) is 5.43. The van der Waals surface area contributed by atoms with E-state index in [2.05, 4.69) is 4.98 Å². The van der Waals surface area contributed by atoms with E-state index in [1.165, 1.54) is 23.5 Å². The molecule has 1 aliphatic heterocycles. The number of ether oxygens (including phenoxy) is 1. The number of halogens is 2. The third-order valence-corrected chi connectivity index (χ3v) is 5.68. The van der Waals surface area contributed by atoms with Gasteiger partial charge in [-0.2, -0.15) is 0 Å². The predicted molar refractivity (Wildman–Crippen MR) is 112 cm³/mol. The number of rotatable bonds is 4. The van der Waals surface area contributed by atoms with Gasteiger partial charge in [0.1, 0.15) is 17.2 Å². The van der Waals surface area contributed by atoms with E-state index in [0.717, 1.165) is 36.1 Å². The minimum atomic E-state index is -0.889. The number of carbonyl (C=O) groups is 2. The van der Waals surface area contributed by atoms with E-state index in [-0.39, 0.29) is 12.0 Å². The highest BCUT2D eigenvalue weighted by Crippen LogP contribution is 2.31. The Kier molecular flexibility index (Phi) is 6.65. The van der Waals surface area contributed by atoms with Crippen LogP contribution in [0.3, 0.4) is 0 Å². The molecular formula is C22H24F2N2O3S. The molecule has 3 rings (SSSR count). The van der Waals surface area contributed by atoms with Crippen molar-refractivity contribution in [3.05, 3.63) is 57.6 Å². The van der Waals surface area contributed by atoms with Crippen molar-refractivity contribution < 1.29 is 23.1 Å². The Hall–Kier alpha value is -2.61. The van der Waals surface area contributed by atoms with Gasteiger partial charge in [-0.3, -0.25) is 4.79 Å². The van der Waals surface area contributed by atoms with Gasteiger partial charge in [0, 0.05) is 24.4 Å². The Labute approximate surface area is 178 Å². The van der Waals surface area contributed by atoms with Crippen LogP contribution in [0.2, 0.25) is 0 Å². The number of benzene rings is 1. The minimum Gasteiger partial charge on any atom is -0.444 e. The molecule has 30 heavy (non-hydrogen) atoms. The summed E-state index contributed by atoms with van der Waals surface area (Å²) < 4.78 is 32.8. The number of hydrogen-bond donors (Lipinski definition) is 0. The van der Waals surface area contributed by atoms with Crippen LogP contribution in [-0.2, 0) is 4.74 Å². The van der Waals surface area contributed by atoms with Gasteiger partial charge in [0.05, 0.1) is 16.3 Å². The molecule has 1 aliphatic rings. The highest BCUT2D eigenvalue weighted by Gasteiger charge is 2.28. The van der Waals surface area contributed by atoms with Crippen LogP contribution in [0, 0.1) is 11.6 Å². The lowest BCUT2D eigenvalue weighted by Gasteiger charge is -2.32. The molecule has 0 unspecified atom stereocenters. The molecule has 0 N–H and O–H groups in total. The number of nitrogens with zero attached hydrogens (tertiary/aromatic N) is 2. The van der Waals surface area contributed by atoms with E-state index >= 15 is 0 Å². The summed E-state index contributed by atoms with van der Waals surface area (Å²) in [5.74, 6) is -2.30. The molecule has 2 aromatic rings. The van der Waals surface area contributed by atoms with Crippen molar-refractivity contribution >= 4 is 29.3 Å². The van der Waals surface area contributed by atoms with Gasteiger partial charge in [0.2, 0.25) is 0 Å². The second kappa shape index (κ2) is 9.04. The van der Waals surface area contributed by atoms with Crippen LogP contribution in [0.4, 0.5) is 13.6 Å². The fraction of sp³-hybridized carbons (Fsp3) is 0.409. The first kappa shape index (κ1) is 22.1. The molecule has 5 nitrogen and oxygen atoms in total. The molecule has 0 spiro atoms. The lowest BCUT2D eigenvalue weighted by atomic mass is 9.98. The number of aromatic nitrogens is 1. The standard InChI is InChI=1S/C22H24F2N2O3S/c1-22(2,3)29-21(28)26-11-9-14(10-12-26)20-25-15(13-30-20)7-8-18(27)19-16(23)5-4-6-17(19)24/h4-8,13-14H,9-12H2,1-3H3/b8-7+. The van der Waals surface area contributed by atoms with Crippen molar-refractivity contribution in [2.45, 2.75) is 45.1 Å². The highest BCUT2D eigenvalue weighted by atomic mass is 32.1. The van der Waals surface area contributed by atoms with Crippen LogP contribution >= 0.6 is 11.3 Å². The Morgan fingerprint density at radius 3 is 2.43 bits per heavy atom. The van der Waals surface area contributed by atoms with Crippen molar-refractivity contribution in [3.8, 4) is 0 Å². The van der Waals surface area contributed by atoms with Gasteiger partial charge in [-0.05, 0) is 57.9 Å². The summed E-state index contributed by atoms with van der Waals surface area (Å²) in [7, 11) is 0. The number of allylic oxidation sites excluding steroid dienone is 1. The summed E-state index contributed by atoms with van der Waals surface area (Å²) in [5, 5.41) is 2.72. The van der Waals surface area contributed by atoms with Gasteiger partial charge < -0.3 is 9.64 Å². The number of likely N-dealkylation sites (tertiary alicyclic amines) is 1. The third-order valence-electron chi connectivity index (χ3n) is 4.65. The molecule has 0 atom stereocenters. The van der Waals surface area contributed by atoms with Crippen molar-refractivity contribution in [1.82, 2.24) is 9.88 Å². The van der Waals surface area contributed by atoms with Crippen molar-refractivity contribution in [1.29, 1.82) is 0 Å². The summed E-state index contributed by atoms with van der Waals surface area (Å²) in [4.78, 5) is 30.5. The maximum atomic E-state index is 13.7. The lowest BCUT2D eigenvalue weighted by molar-refractivity contribution is 0.0204. The van der Waals surface area contributed by atoms with Crippen LogP contribution in [0.15, 0.2) is 29.7 Å². The number of carbonyl (C=O) groups excluding carboxylic acids is 2. The van der Waals surface area contributed by atoms with Crippen LogP contribution in [0.5, 0.6) is 0 Å². The molecule has 2 heterocycles. The molecule has 160 valence electrons. The first-order chi connectivity index (χ1) is 14.1. The summed E-state index contributed by atoms with van der Waals surface area (Å²) in [5.41, 5.74) is -0.526. The van der Waals surface area contributed by atoms with Gasteiger partial charge in [-0.15, -0.1) is 11.3 Å². The van der Waals surface area contributed by atoms with E-state index in [4.69, 9.17) is 4.74 Å². The van der Waals surface area contributed by atoms with Gasteiger partial charge in [0.15, 0.2) is 5.78 Å². The van der Waals surface area contributed by atoms with Crippen molar-refractivity contribution in [2.24, 2.45) is 0 Å². The van der Waals surface area contributed by atoms with E-state index < -0.39 is 28.6 Å². The smallest absolute Gasteiger partial charge is 0.410 e. The molecule has 0 saturated carbocycles.